The summed E-state index contributed by atoms with van der Waals surface area (Å²) in [4.78, 5) is 11.6. The standard InChI is InChI=1S/C24H24ClN7/c25-20-18(26)6-3-7-19(20)32-14-16-13-28-23(29-22(16)30-32)31-10-8-24(9-11-31)12-15-4-1-2-5-17(15)21(24)27/h1-7,13-14,21H,8-12,26-27H2/t21-/m1/s1. The molecule has 0 bridgehead atoms. The van der Waals surface area contributed by atoms with Gasteiger partial charge in [-0.15, -0.1) is 5.10 Å². The highest BCUT2D eigenvalue weighted by Crippen LogP contribution is 2.50. The molecule has 2 aromatic heterocycles. The van der Waals surface area contributed by atoms with E-state index in [0.717, 1.165) is 43.4 Å². The SMILES string of the molecule is Nc1cccc(-n2cc3cnc(N4CCC5(CC4)Cc4ccccc4[C@H]5N)nc3n2)c1Cl. The van der Waals surface area contributed by atoms with E-state index in [2.05, 4.69) is 39.2 Å². The second-order valence-corrected chi connectivity index (χ2v) is 9.28. The lowest BCUT2D eigenvalue weighted by atomic mass is 9.73. The molecule has 1 aliphatic carbocycles. The highest BCUT2D eigenvalue weighted by molar-refractivity contribution is 6.34. The average molecular weight is 446 g/mol. The molecule has 6 rings (SSSR count). The molecule has 8 heteroatoms. The number of fused-ring (bicyclic) bond motifs is 2. The van der Waals surface area contributed by atoms with Gasteiger partial charge in [0.1, 0.15) is 0 Å². The molecule has 162 valence electrons. The van der Waals surface area contributed by atoms with E-state index >= 15 is 0 Å². The van der Waals surface area contributed by atoms with E-state index in [1.807, 2.05) is 24.5 Å². The van der Waals surface area contributed by atoms with Crippen LogP contribution in [0.1, 0.15) is 30.0 Å². The van der Waals surface area contributed by atoms with Crippen LogP contribution >= 0.6 is 11.6 Å². The highest BCUT2D eigenvalue weighted by atomic mass is 35.5. The van der Waals surface area contributed by atoms with Gasteiger partial charge in [0, 0.05) is 31.5 Å². The molecule has 3 heterocycles. The van der Waals surface area contributed by atoms with Crippen molar-refractivity contribution in [2.75, 3.05) is 23.7 Å². The number of piperidine rings is 1. The van der Waals surface area contributed by atoms with E-state index in [9.17, 15) is 0 Å². The van der Waals surface area contributed by atoms with Crippen molar-refractivity contribution >= 4 is 34.3 Å². The molecule has 1 spiro atoms. The molecule has 0 saturated carbocycles. The monoisotopic (exact) mass is 445 g/mol. The van der Waals surface area contributed by atoms with E-state index < -0.39 is 0 Å². The Morgan fingerprint density at radius 2 is 1.88 bits per heavy atom. The Kier molecular flexibility index (Phi) is 4.38. The van der Waals surface area contributed by atoms with Gasteiger partial charge in [0.2, 0.25) is 5.95 Å². The predicted octanol–water partition coefficient (Wildman–Crippen LogP) is 3.89. The third-order valence-electron chi connectivity index (χ3n) is 7.14. The van der Waals surface area contributed by atoms with Gasteiger partial charge in [-0.25, -0.2) is 9.67 Å². The Morgan fingerprint density at radius 3 is 2.69 bits per heavy atom. The summed E-state index contributed by atoms with van der Waals surface area (Å²) in [5, 5.41) is 5.96. The number of hydrogen-bond acceptors (Lipinski definition) is 6. The van der Waals surface area contributed by atoms with Crippen molar-refractivity contribution in [3.63, 3.8) is 0 Å². The number of nitrogens with two attached hydrogens (primary N) is 2. The van der Waals surface area contributed by atoms with Crippen LogP contribution in [0.15, 0.2) is 54.9 Å². The fourth-order valence-corrected chi connectivity index (χ4v) is 5.47. The third kappa shape index (κ3) is 2.96. The first-order valence-corrected chi connectivity index (χ1v) is 11.3. The minimum absolute atomic E-state index is 0.100. The first kappa shape index (κ1) is 19.5. The minimum Gasteiger partial charge on any atom is -0.397 e. The van der Waals surface area contributed by atoms with Crippen molar-refractivity contribution in [1.82, 2.24) is 19.7 Å². The highest BCUT2D eigenvalue weighted by Gasteiger charge is 2.46. The molecule has 32 heavy (non-hydrogen) atoms. The zero-order chi connectivity index (χ0) is 21.9. The van der Waals surface area contributed by atoms with Crippen molar-refractivity contribution in [2.24, 2.45) is 11.1 Å². The van der Waals surface area contributed by atoms with Crippen molar-refractivity contribution in [3.8, 4) is 5.69 Å². The summed E-state index contributed by atoms with van der Waals surface area (Å²) in [6, 6.07) is 14.2. The van der Waals surface area contributed by atoms with E-state index in [1.54, 1.807) is 10.7 Å². The number of halogens is 1. The normalized spacial score (nSPS) is 19.6. The fraction of sp³-hybridized carbons (Fsp3) is 0.292. The van der Waals surface area contributed by atoms with Crippen LogP contribution in [-0.4, -0.2) is 32.8 Å². The summed E-state index contributed by atoms with van der Waals surface area (Å²) >= 11 is 6.37. The van der Waals surface area contributed by atoms with Gasteiger partial charge < -0.3 is 16.4 Å². The number of rotatable bonds is 2. The lowest BCUT2D eigenvalue weighted by molar-refractivity contribution is 0.187. The van der Waals surface area contributed by atoms with E-state index in [4.69, 9.17) is 28.1 Å². The summed E-state index contributed by atoms with van der Waals surface area (Å²) in [7, 11) is 0. The topological polar surface area (TPSA) is 98.9 Å². The zero-order valence-electron chi connectivity index (χ0n) is 17.6. The van der Waals surface area contributed by atoms with Crippen LogP contribution in [0.25, 0.3) is 16.7 Å². The number of anilines is 2. The first-order valence-electron chi connectivity index (χ1n) is 10.9. The molecule has 1 fully saturated rings. The molecular weight excluding hydrogens is 422 g/mol. The molecule has 1 aliphatic heterocycles. The van der Waals surface area contributed by atoms with Crippen molar-refractivity contribution in [1.29, 1.82) is 0 Å². The molecule has 2 aromatic carbocycles. The summed E-state index contributed by atoms with van der Waals surface area (Å²) in [5.41, 5.74) is 17.4. The Morgan fingerprint density at radius 1 is 1.06 bits per heavy atom. The molecule has 0 unspecified atom stereocenters. The molecule has 4 N–H and O–H groups in total. The summed E-state index contributed by atoms with van der Waals surface area (Å²) in [5.74, 6) is 0.709. The molecule has 2 aliphatic rings. The van der Waals surface area contributed by atoms with E-state index in [-0.39, 0.29) is 11.5 Å². The number of nitrogen functional groups attached to an aromatic ring is 1. The quantitative estimate of drug-likeness (QED) is 0.454. The van der Waals surface area contributed by atoms with Crippen LogP contribution in [-0.2, 0) is 6.42 Å². The molecule has 1 atom stereocenters. The second-order valence-electron chi connectivity index (χ2n) is 8.91. The van der Waals surface area contributed by atoms with E-state index in [0.29, 0.717) is 22.3 Å². The first-order chi connectivity index (χ1) is 15.5. The van der Waals surface area contributed by atoms with Crippen molar-refractivity contribution < 1.29 is 0 Å². The minimum atomic E-state index is 0.100. The van der Waals surface area contributed by atoms with Gasteiger partial charge in [-0.2, -0.15) is 4.98 Å². The Hall–Kier alpha value is -3.16. The largest absolute Gasteiger partial charge is 0.397 e. The molecule has 0 amide bonds. The molecule has 4 aromatic rings. The van der Waals surface area contributed by atoms with Crippen molar-refractivity contribution in [3.05, 3.63) is 71.0 Å². The number of aromatic nitrogens is 4. The van der Waals surface area contributed by atoms with Gasteiger partial charge in [-0.1, -0.05) is 41.9 Å². The molecular formula is C24H24ClN7. The van der Waals surface area contributed by atoms with Gasteiger partial charge in [0.15, 0.2) is 5.65 Å². The van der Waals surface area contributed by atoms with Crippen LogP contribution in [0, 0.1) is 5.41 Å². The zero-order valence-corrected chi connectivity index (χ0v) is 18.3. The van der Waals surface area contributed by atoms with Crippen LogP contribution in [0.5, 0.6) is 0 Å². The van der Waals surface area contributed by atoms with Crippen molar-refractivity contribution in [2.45, 2.75) is 25.3 Å². The van der Waals surface area contributed by atoms with Crippen LogP contribution < -0.4 is 16.4 Å². The van der Waals surface area contributed by atoms with Gasteiger partial charge in [-0.05, 0) is 47.9 Å². The smallest absolute Gasteiger partial charge is 0.227 e. The number of nitrogens with zero attached hydrogens (tertiary/aromatic N) is 5. The summed E-state index contributed by atoms with van der Waals surface area (Å²) in [6.07, 6.45) is 6.81. The lowest BCUT2D eigenvalue weighted by Gasteiger charge is -2.42. The summed E-state index contributed by atoms with van der Waals surface area (Å²) < 4.78 is 1.71. The lowest BCUT2D eigenvalue weighted by Crippen LogP contribution is -2.44. The molecule has 0 radical (unpaired) electrons. The Bertz CT molecular complexity index is 1320. The number of benzene rings is 2. The van der Waals surface area contributed by atoms with Gasteiger partial charge in [0.25, 0.3) is 0 Å². The third-order valence-corrected chi connectivity index (χ3v) is 7.55. The average Bonchev–Trinajstić information content (AvgIpc) is 3.35. The van der Waals surface area contributed by atoms with Crippen LogP contribution in [0.3, 0.4) is 0 Å². The van der Waals surface area contributed by atoms with Gasteiger partial charge in [0.05, 0.1) is 21.8 Å². The Labute approximate surface area is 191 Å². The van der Waals surface area contributed by atoms with Gasteiger partial charge >= 0.3 is 0 Å². The second kappa shape index (κ2) is 7.18. The fourth-order valence-electron chi connectivity index (χ4n) is 5.25. The predicted molar refractivity (Wildman–Crippen MR) is 127 cm³/mol. The Balaban J connectivity index is 1.24. The molecule has 7 nitrogen and oxygen atoms in total. The molecule has 1 saturated heterocycles. The van der Waals surface area contributed by atoms with Crippen LogP contribution in [0.2, 0.25) is 5.02 Å². The van der Waals surface area contributed by atoms with Crippen LogP contribution in [0.4, 0.5) is 11.6 Å². The summed E-state index contributed by atoms with van der Waals surface area (Å²) in [6.45, 7) is 1.77. The maximum Gasteiger partial charge on any atom is 0.227 e. The van der Waals surface area contributed by atoms with E-state index in [1.165, 1.54) is 11.1 Å². The van der Waals surface area contributed by atoms with Gasteiger partial charge in [-0.3, -0.25) is 0 Å². The number of hydrogen-bond donors (Lipinski definition) is 2. The maximum atomic E-state index is 6.71. The maximum absolute atomic E-state index is 6.71.